The van der Waals surface area contributed by atoms with Gasteiger partial charge in [-0.1, -0.05) is 11.6 Å². The van der Waals surface area contributed by atoms with E-state index in [0.29, 0.717) is 0 Å². The summed E-state index contributed by atoms with van der Waals surface area (Å²) in [6.45, 7) is 2.12. The maximum Gasteiger partial charge on any atom is 0.0899 e. The summed E-state index contributed by atoms with van der Waals surface area (Å²) in [4.78, 5) is 4.48. The smallest absolute Gasteiger partial charge is 0.0899 e. The van der Waals surface area contributed by atoms with Gasteiger partial charge in [-0.25, -0.2) is 0 Å². The van der Waals surface area contributed by atoms with E-state index in [4.69, 9.17) is 0 Å². The number of benzene rings is 1. The van der Waals surface area contributed by atoms with Gasteiger partial charge in [0.15, 0.2) is 0 Å². The van der Waals surface area contributed by atoms with Crippen molar-refractivity contribution in [2.24, 2.45) is 0 Å². The molecule has 74 valence electrons. The minimum absolute atomic E-state index is 1.14. The molecule has 0 unspecified atom stereocenters. The fourth-order valence-corrected chi connectivity index (χ4v) is 3.53. The van der Waals surface area contributed by atoms with Crippen LogP contribution in [0.15, 0.2) is 30.5 Å². The van der Waals surface area contributed by atoms with E-state index in [1.54, 1.807) is 0 Å². The molecule has 0 atom stereocenters. The number of rotatable bonds is 0. The summed E-state index contributed by atoms with van der Waals surface area (Å²) in [5, 5.41) is 1.29. The van der Waals surface area contributed by atoms with Crippen molar-refractivity contribution in [3.05, 3.63) is 39.6 Å². The summed E-state index contributed by atoms with van der Waals surface area (Å²) in [5.74, 6) is 0. The first kappa shape index (κ1) is 9.54. The number of halogens is 1. The highest BCUT2D eigenvalue weighted by Gasteiger charge is 2.08. The van der Waals surface area contributed by atoms with Gasteiger partial charge >= 0.3 is 0 Å². The fourth-order valence-electron chi connectivity index (χ4n) is 1.74. The maximum absolute atomic E-state index is 4.48. The highest BCUT2D eigenvalue weighted by molar-refractivity contribution is 14.1. The third-order valence-corrected chi connectivity index (χ3v) is 4.92. The third-order valence-electron chi connectivity index (χ3n) is 2.46. The molecule has 2 heterocycles. The summed E-state index contributed by atoms with van der Waals surface area (Å²) in [7, 11) is 0. The van der Waals surface area contributed by atoms with Crippen molar-refractivity contribution < 1.29 is 0 Å². The predicted molar refractivity (Wildman–Crippen MR) is 74.6 cm³/mol. The number of hydrogen-bond acceptors (Lipinski definition) is 2. The Hall–Kier alpha value is -0.680. The lowest BCUT2D eigenvalue weighted by Gasteiger charge is -1.93. The second-order valence-corrected chi connectivity index (χ2v) is 5.79. The molecule has 3 heteroatoms. The molecule has 0 radical (unpaired) electrons. The van der Waals surface area contributed by atoms with Gasteiger partial charge < -0.3 is 0 Å². The van der Waals surface area contributed by atoms with Crippen molar-refractivity contribution in [1.82, 2.24) is 4.98 Å². The summed E-state index contributed by atoms with van der Waals surface area (Å²) >= 11 is 4.20. The number of thiophene rings is 1. The SMILES string of the molecule is Cc1ccc2sc3c(I)ccnc3c2c1. The van der Waals surface area contributed by atoms with Crippen molar-refractivity contribution in [2.45, 2.75) is 6.92 Å². The number of fused-ring (bicyclic) bond motifs is 3. The predicted octanol–water partition coefficient (Wildman–Crippen LogP) is 4.36. The zero-order valence-electron chi connectivity index (χ0n) is 8.12. The Bertz CT molecular complexity index is 657. The van der Waals surface area contributed by atoms with Crippen LogP contribution in [-0.4, -0.2) is 4.98 Å². The zero-order chi connectivity index (χ0) is 10.4. The molecule has 1 nitrogen and oxygen atoms in total. The van der Waals surface area contributed by atoms with Gasteiger partial charge in [-0.15, -0.1) is 11.3 Å². The molecule has 0 saturated heterocycles. The molecular weight excluding hydrogens is 317 g/mol. The van der Waals surface area contributed by atoms with Gasteiger partial charge in [0.2, 0.25) is 0 Å². The first-order valence-corrected chi connectivity index (χ1v) is 6.58. The van der Waals surface area contributed by atoms with Crippen molar-refractivity contribution in [2.75, 3.05) is 0 Å². The number of hydrogen-bond donors (Lipinski definition) is 0. The largest absolute Gasteiger partial charge is 0.255 e. The van der Waals surface area contributed by atoms with E-state index in [1.807, 2.05) is 17.5 Å². The fraction of sp³-hybridized carbons (Fsp3) is 0.0833. The summed E-state index contributed by atoms with van der Waals surface area (Å²) in [6.07, 6.45) is 1.89. The molecule has 0 N–H and O–H groups in total. The molecular formula is C12H8INS. The van der Waals surface area contributed by atoms with Gasteiger partial charge in [-0.2, -0.15) is 0 Å². The van der Waals surface area contributed by atoms with Gasteiger partial charge in [-0.05, 0) is 47.7 Å². The second-order valence-electron chi connectivity index (χ2n) is 3.57. The molecule has 0 fully saturated rings. The van der Waals surface area contributed by atoms with Crippen LogP contribution in [0.3, 0.4) is 0 Å². The molecule has 0 aliphatic heterocycles. The van der Waals surface area contributed by atoms with Gasteiger partial charge in [0, 0.05) is 19.9 Å². The lowest BCUT2D eigenvalue weighted by molar-refractivity contribution is 1.42. The van der Waals surface area contributed by atoms with E-state index >= 15 is 0 Å². The van der Waals surface area contributed by atoms with Crippen LogP contribution in [0.4, 0.5) is 0 Å². The van der Waals surface area contributed by atoms with E-state index in [2.05, 4.69) is 58.8 Å². The van der Waals surface area contributed by atoms with Gasteiger partial charge in [0.05, 0.1) is 10.2 Å². The summed E-state index contributed by atoms with van der Waals surface area (Å²) < 4.78 is 3.92. The number of pyridine rings is 1. The minimum atomic E-state index is 1.14. The standard InChI is InChI=1S/C12H8INS/c1-7-2-3-10-8(6-7)11-12(15-10)9(13)4-5-14-11/h2-6H,1H3. The minimum Gasteiger partial charge on any atom is -0.255 e. The molecule has 0 amide bonds. The van der Waals surface area contributed by atoms with Crippen LogP contribution in [-0.2, 0) is 0 Å². The normalized spacial score (nSPS) is 11.3. The number of aromatic nitrogens is 1. The molecule has 0 saturated carbocycles. The molecule has 1 aromatic carbocycles. The topological polar surface area (TPSA) is 12.9 Å². The Labute approximate surface area is 105 Å². The van der Waals surface area contributed by atoms with E-state index in [0.717, 1.165) is 5.52 Å². The molecule has 0 spiro atoms. The molecule has 0 aliphatic rings. The van der Waals surface area contributed by atoms with Crippen molar-refractivity contribution in [1.29, 1.82) is 0 Å². The van der Waals surface area contributed by atoms with Crippen molar-refractivity contribution in [3.8, 4) is 0 Å². The van der Waals surface area contributed by atoms with Crippen LogP contribution in [0.25, 0.3) is 20.3 Å². The first-order valence-electron chi connectivity index (χ1n) is 4.69. The van der Waals surface area contributed by atoms with Gasteiger partial charge in [0.1, 0.15) is 0 Å². The zero-order valence-corrected chi connectivity index (χ0v) is 11.1. The lowest BCUT2D eigenvalue weighted by atomic mass is 10.2. The second kappa shape index (κ2) is 3.42. The first-order chi connectivity index (χ1) is 7.25. The highest BCUT2D eigenvalue weighted by atomic mass is 127. The van der Waals surface area contributed by atoms with Gasteiger partial charge in [-0.3, -0.25) is 4.98 Å². The summed E-state index contributed by atoms with van der Waals surface area (Å²) in [5.41, 5.74) is 2.44. The molecule has 3 aromatic rings. The Balaban J connectivity index is 2.58. The average molecular weight is 325 g/mol. The molecule has 0 aliphatic carbocycles. The Kier molecular flexibility index (Phi) is 2.17. The van der Waals surface area contributed by atoms with Crippen LogP contribution in [0, 0.1) is 10.5 Å². The van der Waals surface area contributed by atoms with Crippen LogP contribution in [0.2, 0.25) is 0 Å². The Morgan fingerprint density at radius 1 is 1.27 bits per heavy atom. The number of aryl methyl sites for hydroxylation is 1. The molecule has 3 rings (SSSR count). The maximum atomic E-state index is 4.48. The highest BCUT2D eigenvalue weighted by Crippen LogP contribution is 2.35. The monoisotopic (exact) mass is 325 g/mol. The van der Waals surface area contributed by atoms with E-state index in [-0.39, 0.29) is 0 Å². The quantitative estimate of drug-likeness (QED) is 0.560. The van der Waals surface area contributed by atoms with Crippen molar-refractivity contribution >= 4 is 54.2 Å². The van der Waals surface area contributed by atoms with Crippen molar-refractivity contribution in [3.63, 3.8) is 0 Å². The lowest BCUT2D eigenvalue weighted by Crippen LogP contribution is -1.76. The average Bonchev–Trinajstić information content (AvgIpc) is 2.58. The third kappa shape index (κ3) is 1.45. The summed E-state index contributed by atoms with van der Waals surface area (Å²) in [6, 6.07) is 8.63. The van der Waals surface area contributed by atoms with Crippen LogP contribution in [0.5, 0.6) is 0 Å². The van der Waals surface area contributed by atoms with Crippen LogP contribution < -0.4 is 0 Å². The van der Waals surface area contributed by atoms with Crippen LogP contribution >= 0.6 is 33.9 Å². The molecule has 15 heavy (non-hydrogen) atoms. The van der Waals surface area contributed by atoms with E-state index in [1.165, 1.54) is 23.9 Å². The Morgan fingerprint density at radius 2 is 2.13 bits per heavy atom. The van der Waals surface area contributed by atoms with Crippen LogP contribution in [0.1, 0.15) is 5.56 Å². The molecule has 2 aromatic heterocycles. The Morgan fingerprint density at radius 3 is 3.00 bits per heavy atom. The molecule has 0 bridgehead atoms. The number of nitrogens with zero attached hydrogens (tertiary/aromatic N) is 1. The van der Waals surface area contributed by atoms with Gasteiger partial charge in [0.25, 0.3) is 0 Å². The van der Waals surface area contributed by atoms with E-state index in [9.17, 15) is 0 Å². The van der Waals surface area contributed by atoms with E-state index < -0.39 is 0 Å².